The lowest BCUT2D eigenvalue weighted by Crippen LogP contribution is -2.51. The minimum absolute atomic E-state index is 0.0101. The summed E-state index contributed by atoms with van der Waals surface area (Å²) in [4.78, 5) is 67.1. The second kappa shape index (κ2) is 24.1. The van der Waals surface area contributed by atoms with Crippen LogP contribution < -0.4 is 16.4 Å². The van der Waals surface area contributed by atoms with E-state index in [0.717, 1.165) is 69.5 Å². The second-order valence-corrected chi connectivity index (χ2v) is 16.9. The Hall–Kier alpha value is -6.60. The number of carbonyl (C=O) groups is 4. The van der Waals surface area contributed by atoms with E-state index in [-0.39, 0.29) is 36.2 Å². The largest absolute Gasteiger partial charge is 0.353 e. The Balaban J connectivity index is 0.000000386. The molecule has 6 N–H and O–H groups in total. The number of nitrogens with two attached hydrogens (primary N) is 1. The number of benzene rings is 3. The molecule has 0 saturated carbocycles. The molecule has 66 heavy (non-hydrogen) atoms. The van der Waals surface area contributed by atoms with Gasteiger partial charge in [0.25, 0.3) is 0 Å². The Morgan fingerprint density at radius 3 is 2.05 bits per heavy atom. The molecule has 3 aromatic carbocycles. The topological polar surface area (TPSA) is 182 Å². The molecule has 13 heteroatoms. The summed E-state index contributed by atoms with van der Waals surface area (Å²) in [5, 5.41) is 7.74. The summed E-state index contributed by atoms with van der Waals surface area (Å²) < 4.78 is 0. The maximum atomic E-state index is 12.8. The van der Waals surface area contributed by atoms with Crippen LogP contribution in [0.5, 0.6) is 0 Å². The number of hydrogen-bond donors (Lipinski definition) is 5. The van der Waals surface area contributed by atoms with E-state index in [1.807, 2.05) is 50.1 Å². The van der Waals surface area contributed by atoms with Crippen LogP contribution in [-0.4, -0.2) is 79.5 Å². The Morgan fingerprint density at radius 1 is 0.773 bits per heavy atom. The first-order chi connectivity index (χ1) is 31.8. The highest BCUT2D eigenvalue weighted by molar-refractivity contribution is 5.91. The van der Waals surface area contributed by atoms with Gasteiger partial charge in [-0.3, -0.25) is 19.2 Å². The van der Waals surface area contributed by atoms with Crippen LogP contribution in [0.15, 0.2) is 109 Å². The first-order valence-electron chi connectivity index (χ1n) is 23.4. The standard InChI is InChI=1S/C37H40N8O3.C13H21NO.C3H8/c1-3-33(47)39-22-34(48)44-16-4-6-32(44)35-40-20-31(42-35)29-14-13-27-18-26(11-12-28(27)19-29)24-7-9-25(10-8-24)30-21-41-36(43-30)37(38)15-5-17-45(37)23(2)46;1-5-7-8-11(3)12(4)9-10-14-13(15)6-2;1-3-2/h7-14,18-21,32H,3-6,15-17,22,38H2,1-2H3,(H,39,47)(H,40,42)(H,41,43);5,7-9H,6,10H2,1-4H3,(H,14,15);3H2,1-2H3/b;7-5-,11-8-,12-9+;. The van der Waals surface area contributed by atoms with Crippen LogP contribution in [0.4, 0.5) is 0 Å². The number of nitrogens with zero attached hydrogens (tertiary/aromatic N) is 4. The predicted octanol–water partition coefficient (Wildman–Crippen LogP) is 9.63. The number of aromatic amines is 2. The average Bonchev–Trinajstić information content (AvgIpc) is 4.18. The third kappa shape index (κ3) is 12.8. The van der Waals surface area contributed by atoms with E-state index in [4.69, 9.17) is 5.73 Å². The molecule has 13 nitrogen and oxygen atoms in total. The van der Waals surface area contributed by atoms with E-state index in [2.05, 4.69) is 118 Å². The normalized spacial score (nSPS) is 17.3. The molecule has 2 unspecified atom stereocenters. The molecule has 4 amide bonds. The van der Waals surface area contributed by atoms with E-state index in [9.17, 15) is 19.2 Å². The fourth-order valence-electron chi connectivity index (χ4n) is 8.03. The van der Waals surface area contributed by atoms with Crippen LogP contribution in [0.1, 0.15) is 118 Å². The Kier molecular flexibility index (Phi) is 18.4. The van der Waals surface area contributed by atoms with Crippen LogP contribution in [0.3, 0.4) is 0 Å². The first-order valence-corrected chi connectivity index (χ1v) is 23.4. The third-order valence-electron chi connectivity index (χ3n) is 11.9. The summed E-state index contributed by atoms with van der Waals surface area (Å²) in [6, 6.07) is 21.0. The van der Waals surface area contributed by atoms with E-state index in [0.29, 0.717) is 44.7 Å². The third-order valence-corrected chi connectivity index (χ3v) is 11.9. The van der Waals surface area contributed by atoms with Gasteiger partial charge in [0.1, 0.15) is 17.3 Å². The van der Waals surface area contributed by atoms with Gasteiger partial charge in [-0.1, -0.05) is 113 Å². The number of fused-ring (bicyclic) bond motifs is 1. The summed E-state index contributed by atoms with van der Waals surface area (Å²) in [6.45, 7) is 17.4. The molecule has 2 fully saturated rings. The zero-order valence-corrected chi connectivity index (χ0v) is 40.1. The fraction of sp³-hybridized carbons (Fsp3) is 0.396. The summed E-state index contributed by atoms with van der Waals surface area (Å²) in [5.74, 6) is 1.20. The molecule has 7 rings (SSSR count). The monoisotopic (exact) mass is 896 g/mol. The molecule has 2 aliphatic rings. The highest BCUT2D eigenvalue weighted by atomic mass is 16.2. The summed E-state index contributed by atoms with van der Waals surface area (Å²) >= 11 is 0. The van der Waals surface area contributed by atoms with Gasteiger partial charge in [0.15, 0.2) is 0 Å². The lowest BCUT2D eigenvalue weighted by atomic mass is 9.98. The zero-order chi connectivity index (χ0) is 47.8. The average molecular weight is 896 g/mol. The van der Waals surface area contributed by atoms with Crippen LogP contribution in [-0.2, 0) is 24.8 Å². The molecule has 4 heterocycles. The van der Waals surface area contributed by atoms with Crippen molar-refractivity contribution in [2.75, 3.05) is 26.2 Å². The van der Waals surface area contributed by atoms with Gasteiger partial charge in [0.2, 0.25) is 23.6 Å². The summed E-state index contributed by atoms with van der Waals surface area (Å²) in [5.41, 5.74) is 14.1. The van der Waals surface area contributed by atoms with E-state index >= 15 is 0 Å². The van der Waals surface area contributed by atoms with Crippen LogP contribution in [0.2, 0.25) is 0 Å². The number of amides is 4. The number of nitrogens with one attached hydrogen (secondary N) is 4. The van der Waals surface area contributed by atoms with Crippen molar-refractivity contribution in [3.63, 3.8) is 0 Å². The lowest BCUT2D eigenvalue weighted by Gasteiger charge is -2.32. The molecule has 0 aliphatic carbocycles. The SMILES string of the molecule is CCC.CCC(=O)NCC(=O)N1CCCC1c1ncc(-c2ccc3cc(-c4ccc(-c5cnc(C6(N)CCCN6C(C)=O)[nH]5)cc4)ccc3c2)[nH]1.C\C=C/C=C(C)\C(C)=C\CNC(=O)CC. The van der Waals surface area contributed by atoms with Gasteiger partial charge in [-0.2, -0.15) is 0 Å². The van der Waals surface area contributed by atoms with Crippen molar-refractivity contribution in [2.24, 2.45) is 5.73 Å². The van der Waals surface area contributed by atoms with Gasteiger partial charge in [0, 0.05) is 45.0 Å². The lowest BCUT2D eigenvalue weighted by molar-refractivity contribution is -0.134. The zero-order valence-electron chi connectivity index (χ0n) is 40.1. The number of rotatable bonds is 13. The van der Waals surface area contributed by atoms with Crippen molar-refractivity contribution in [2.45, 2.75) is 112 Å². The molecular weight excluding hydrogens is 827 g/mol. The van der Waals surface area contributed by atoms with Crippen molar-refractivity contribution in [3.8, 4) is 33.6 Å². The highest BCUT2D eigenvalue weighted by Crippen LogP contribution is 2.35. The number of likely N-dealkylation sites (tertiary alicyclic amines) is 2. The van der Waals surface area contributed by atoms with Crippen LogP contribution in [0.25, 0.3) is 44.4 Å². The smallest absolute Gasteiger partial charge is 0.242 e. The maximum absolute atomic E-state index is 12.8. The van der Waals surface area contributed by atoms with Gasteiger partial charge < -0.3 is 36.1 Å². The van der Waals surface area contributed by atoms with Crippen LogP contribution in [0, 0.1) is 0 Å². The van der Waals surface area contributed by atoms with Crippen molar-refractivity contribution in [1.29, 1.82) is 0 Å². The number of imidazole rings is 2. The molecule has 2 aromatic heterocycles. The van der Waals surface area contributed by atoms with Gasteiger partial charge in [-0.25, -0.2) is 9.97 Å². The van der Waals surface area contributed by atoms with Gasteiger partial charge in [-0.15, -0.1) is 0 Å². The maximum Gasteiger partial charge on any atom is 0.242 e. The molecule has 2 saturated heterocycles. The van der Waals surface area contributed by atoms with Crippen LogP contribution >= 0.6 is 0 Å². The molecule has 0 spiro atoms. The minimum Gasteiger partial charge on any atom is -0.353 e. The number of allylic oxidation sites excluding steroid dienone is 5. The van der Waals surface area contributed by atoms with Crippen molar-refractivity contribution in [1.82, 2.24) is 40.4 Å². The first kappa shape index (κ1) is 50.4. The molecule has 350 valence electrons. The number of aromatic nitrogens is 4. The second-order valence-electron chi connectivity index (χ2n) is 16.9. The Labute approximate surface area is 390 Å². The quantitative estimate of drug-likeness (QED) is 0.0730. The number of carbonyl (C=O) groups excluding carboxylic acids is 4. The Bertz CT molecular complexity index is 2530. The van der Waals surface area contributed by atoms with Gasteiger partial charge >= 0.3 is 0 Å². The Morgan fingerprint density at radius 2 is 1.38 bits per heavy atom. The molecule has 2 atom stereocenters. The number of hydrogen-bond acceptors (Lipinski definition) is 7. The van der Waals surface area contributed by atoms with Crippen molar-refractivity contribution in [3.05, 3.63) is 120 Å². The van der Waals surface area contributed by atoms with E-state index < -0.39 is 5.66 Å². The van der Waals surface area contributed by atoms with Crippen molar-refractivity contribution < 1.29 is 19.2 Å². The predicted molar refractivity (Wildman–Crippen MR) is 266 cm³/mol. The van der Waals surface area contributed by atoms with Gasteiger partial charge in [-0.05, 0) is 91.6 Å². The highest BCUT2D eigenvalue weighted by Gasteiger charge is 2.43. The minimum atomic E-state index is -0.901. The molecular formula is C53H69N9O4. The summed E-state index contributed by atoms with van der Waals surface area (Å²) in [6.07, 6.45) is 17.1. The van der Waals surface area contributed by atoms with Gasteiger partial charge in [0.05, 0.1) is 36.4 Å². The van der Waals surface area contributed by atoms with Crippen molar-refractivity contribution >= 4 is 34.4 Å². The molecule has 5 aromatic rings. The summed E-state index contributed by atoms with van der Waals surface area (Å²) in [7, 11) is 0. The molecule has 0 radical (unpaired) electrons. The fourth-order valence-corrected chi connectivity index (χ4v) is 8.03. The number of H-pyrrole nitrogens is 2. The molecule has 0 bridgehead atoms. The van der Waals surface area contributed by atoms with E-state index in [1.165, 1.54) is 17.6 Å². The molecule has 2 aliphatic heterocycles. The van der Waals surface area contributed by atoms with E-state index in [1.54, 1.807) is 24.9 Å².